The van der Waals surface area contributed by atoms with Crippen molar-refractivity contribution in [1.29, 1.82) is 0 Å². The van der Waals surface area contributed by atoms with Gasteiger partial charge in [-0.2, -0.15) is 0 Å². The second kappa shape index (κ2) is 7.80. The summed E-state index contributed by atoms with van der Waals surface area (Å²) in [4.78, 5) is 24.8. The van der Waals surface area contributed by atoms with Crippen LogP contribution in [0.1, 0.15) is 21.7 Å². The van der Waals surface area contributed by atoms with Gasteiger partial charge in [-0.05, 0) is 18.6 Å². The fourth-order valence-corrected chi connectivity index (χ4v) is 3.90. The van der Waals surface area contributed by atoms with E-state index in [9.17, 15) is 4.79 Å². The van der Waals surface area contributed by atoms with Gasteiger partial charge in [0.05, 0.1) is 32.9 Å². The molecule has 1 atom stereocenters. The molecule has 7 nitrogen and oxygen atoms in total. The number of nitrogens with one attached hydrogen (secondary N) is 1. The van der Waals surface area contributed by atoms with Crippen LogP contribution in [0, 0.1) is 6.92 Å². The number of benzene rings is 1. The first-order valence-corrected chi connectivity index (χ1v) is 9.42. The predicted molar refractivity (Wildman–Crippen MR) is 100 cm³/mol. The molecule has 2 aromatic rings. The molecule has 0 bridgehead atoms. The summed E-state index contributed by atoms with van der Waals surface area (Å²) in [6.07, 6.45) is 3.60. The molecule has 2 saturated heterocycles. The van der Waals surface area contributed by atoms with Gasteiger partial charge in [0.25, 0.3) is 5.91 Å². The van der Waals surface area contributed by atoms with Crippen molar-refractivity contribution in [3.63, 3.8) is 0 Å². The molecule has 27 heavy (non-hydrogen) atoms. The number of rotatable bonds is 3. The van der Waals surface area contributed by atoms with E-state index in [0.29, 0.717) is 39.5 Å². The molecule has 7 heteroatoms. The van der Waals surface area contributed by atoms with E-state index in [4.69, 9.17) is 9.47 Å². The normalized spacial score (nSPS) is 24.1. The van der Waals surface area contributed by atoms with Crippen LogP contribution in [0.5, 0.6) is 0 Å². The Morgan fingerprint density at radius 2 is 2.15 bits per heavy atom. The van der Waals surface area contributed by atoms with Crippen LogP contribution < -0.4 is 0 Å². The highest BCUT2D eigenvalue weighted by Crippen LogP contribution is 2.25. The lowest BCUT2D eigenvalue weighted by Crippen LogP contribution is -2.59. The molecule has 1 N–H and O–H groups in total. The highest BCUT2D eigenvalue weighted by molar-refractivity contribution is 5.95. The number of aromatic nitrogens is 2. The average Bonchev–Trinajstić information content (AvgIpc) is 3.09. The van der Waals surface area contributed by atoms with Crippen LogP contribution in [0.15, 0.2) is 36.7 Å². The molecule has 0 saturated carbocycles. The fraction of sp³-hybridized carbons (Fsp3) is 0.500. The Labute approximate surface area is 159 Å². The molecule has 1 aromatic carbocycles. The van der Waals surface area contributed by atoms with Crippen LogP contribution >= 0.6 is 0 Å². The van der Waals surface area contributed by atoms with E-state index in [-0.39, 0.29) is 5.91 Å². The second-order valence-electron chi connectivity index (χ2n) is 7.37. The van der Waals surface area contributed by atoms with Crippen LogP contribution in [-0.2, 0) is 16.0 Å². The smallest absolute Gasteiger partial charge is 0.254 e. The van der Waals surface area contributed by atoms with Gasteiger partial charge < -0.3 is 19.4 Å². The Hall–Kier alpha value is -2.22. The molecule has 144 valence electrons. The van der Waals surface area contributed by atoms with E-state index in [1.807, 2.05) is 42.3 Å². The van der Waals surface area contributed by atoms with Crippen molar-refractivity contribution >= 4 is 5.91 Å². The Morgan fingerprint density at radius 3 is 2.96 bits per heavy atom. The molecule has 2 aliphatic rings. The number of carbonyl (C=O) groups excluding carboxylic acids is 1. The molecule has 0 aliphatic carbocycles. The largest absolute Gasteiger partial charge is 0.376 e. The zero-order valence-electron chi connectivity index (χ0n) is 15.7. The number of hydrogen-bond acceptors (Lipinski definition) is 5. The monoisotopic (exact) mass is 370 g/mol. The van der Waals surface area contributed by atoms with Crippen molar-refractivity contribution in [2.75, 3.05) is 46.0 Å². The number of carbonyl (C=O) groups is 1. The summed E-state index contributed by atoms with van der Waals surface area (Å²) >= 11 is 0. The molecule has 1 unspecified atom stereocenters. The Balaban J connectivity index is 1.50. The number of aromatic amines is 1. The fourth-order valence-electron chi connectivity index (χ4n) is 3.90. The third kappa shape index (κ3) is 4.05. The zero-order chi connectivity index (χ0) is 18.7. The lowest BCUT2D eigenvalue weighted by Gasteiger charge is -2.43. The Morgan fingerprint density at radius 1 is 1.26 bits per heavy atom. The zero-order valence-corrected chi connectivity index (χ0v) is 15.7. The molecule has 1 aromatic heterocycles. The molecule has 1 spiro atoms. The Bertz CT molecular complexity index is 779. The molecule has 2 fully saturated rings. The molecular formula is C20H26N4O3. The van der Waals surface area contributed by atoms with Crippen molar-refractivity contribution in [3.8, 4) is 0 Å². The maximum absolute atomic E-state index is 13.1. The first kappa shape index (κ1) is 18.2. The van der Waals surface area contributed by atoms with Crippen molar-refractivity contribution < 1.29 is 14.3 Å². The summed E-state index contributed by atoms with van der Waals surface area (Å²) in [6.45, 7) is 7.03. The highest BCUT2D eigenvalue weighted by atomic mass is 16.5. The number of aryl methyl sites for hydroxylation is 1. The maximum Gasteiger partial charge on any atom is 0.254 e. The predicted octanol–water partition coefficient (Wildman–Crippen LogP) is 1.46. The summed E-state index contributed by atoms with van der Waals surface area (Å²) < 4.78 is 12.0. The first-order valence-electron chi connectivity index (χ1n) is 9.42. The van der Waals surface area contributed by atoms with Crippen molar-refractivity contribution in [2.24, 2.45) is 0 Å². The van der Waals surface area contributed by atoms with Crippen LogP contribution in [-0.4, -0.2) is 77.3 Å². The SMILES string of the molecule is Cc1ccccc1C(=O)N1CCOCC2(CN(Cc3ncc[nH]3)CCO2)C1. The van der Waals surface area contributed by atoms with E-state index in [2.05, 4.69) is 14.9 Å². The second-order valence-corrected chi connectivity index (χ2v) is 7.37. The van der Waals surface area contributed by atoms with Gasteiger partial charge in [0, 0.05) is 37.6 Å². The molecule has 0 radical (unpaired) electrons. The highest BCUT2D eigenvalue weighted by Gasteiger charge is 2.41. The van der Waals surface area contributed by atoms with Gasteiger partial charge in [0.15, 0.2) is 0 Å². The van der Waals surface area contributed by atoms with Gasteiger partial charge in [-0.3, -0.25) is 9.69 Å². The third-order valence-electron chi connectivity index (χ3n) is 5.27. The van der Waals surface area contributed by atoms with E-state index in [1.54, 1.807) is 6.20 Å². The van der Waals surface area contributed by atoms with Gasteiger partial charge in [0.2, 0.25) is 0 Å². The number of amides is 1. The molecule has 4 rings (SSSR count). The number of H-pyrrole nitrogens is 1. The summed E-state index contributed by atoms with van der Waals surface area (Å²) in [5.41, 5.74) is 1.24. The molecule has 3 heterocycles. The number of ether oxygens (including phenoxy) is 2. The van der Waals surface area contributed by atoms with Crippen LogP contribution in [0.4, 0.5) is 0 Å². The topological polar surface area (TPSA) is 70.7 Å². The Kier molecular flexibility index (Phi) is 5.24. The summed E-state index contributed by atoms with van der Waals surface area (Å²) in [5, 5.41) is 0. The quantitative estimate of drug-likeness (QED) is 0.886. The number of imidazole rings is 1. The van der Waals surface area contributed by atoms with Crippen LogP contribution in [0.25, 0.3) is 0 Å². The number of hydrogen-bond donors (Lipinski definition) is 1. The van der Waals surface area contributed by atoms with Crippen molar-refractivity contribution in [3.05, 3.63) is 53.6 Å². The first-order chi connectivity index (χ1) is 13.2. The minimum atomic E-state index is -0.500. The lowest BCUT2D eigenvalue weighted by molar-refractivity contribution is -0.141. The summed E-state index contributed by atoms with van der Waals surface area (Å²) in [5.74, 6) is 0.985. The van der Waals surface area contributed by atoms with Gasteiger partial charge >= 0.3 is 0 Å². The van der Waals surface area contributed by atoms with Crippen LogP contribution in [0.2, 0.25) is 0 Å². The van der Waals surface area contributed by atoms with E-state index < -0.39 is 5.60 Å². The standard InChI is InChI=1S/C20H26N4O3/c1-16-4-2-3-5-17(16)19(25)24-9-10-26-15-20(14-24)13-23(8-11-27-20)12-18-21-6-7-22-18/h2-7H,8-15H2,1H3,(H,21,22). The number of morpholine rings is 1. The van der Waals surface area contributed by atoms with Gasteiger partial charge in [0.1, 0.15) is 11.4 Å². The maximum atomic E-state index is 13.1. The van der Waals surface area contributed by atoms with Crippen molar-refractivity contribution in [2.45, 2.75) is 19.1 Å². The van der Waals surface area contributed by atoms with Gasteiger partial charge in [-0.25, -0.2) is 4.98 Å². The van der Waals surface area contributed by atoms with Gasteiger partial charge in [-0.1, -0.05) is 18.2 Å². The minimum Gasteiger partial charge on any atom is -0.376 e. The van der Waals surface area contributed by atoms with Crippen LogP contribution in [0.3, 0.4) is 0 Å². The van der Waals surface area contributed by atoms with Crippen molar-refractivity contribution in [1.82, 2.24) is 19.8 Å². The average molecular weight is 370 g/mol. The third-order valence-corrected chi connectivity index (χ3v) is 5.27. The minimum absolute atomic E-state index is 0.0460. The molecular weight excluding hydrogens is 344 g/mol. The molecule has 2 aliphatic heterocycles. The van der Waals surface area contributed by atoms with E-state index in [0.717, 1.165) is 30.0 Å². The van der Waals surface area contributed by atoms with E-state index in [1.165, 1.54) is 0 Å². The molecule has 1 amide bonds. The summed E-state index contributed by atoms with van der Waals surface area (Å²) in [7, 11) is 0. The van der Waals surface area contributed by atoms with E-state index >= 15 is 0 Å². The summed E-state index contributed by atoms with van der Waals surface area (Å²) in [6, 6.07) is 7.73. The van der Waals surface area contributed by atoms with Gasteiger partial charge in [-0.15, -0.1) is 0 Å². The number of nitrogens with zero attached hydrogens (tertiary/aromatic N) is 3. The lowest BCUT2D eigenvalue weighted by atomic mass is 10.0.